The van der Waals surface area contributed by atoms with Crippen LogP contribution in [0.3, 0.4) is 0 Å². The van der Waals surface area contributed by atoms with Gasteiger partial charge in [-0.1, -0.05) is 62.8 Å². The van der Waals surface area contributed by atoms with Crippen molar-refractivity contribution >= 4 is 14.4 Å². The highest BCUT2D eigenvalue weighted by molar-refractivity contribution is 6.73. The Hall–Kier alpha value is -1.12. The second-order valence-corrected chi connectivity index (χ2v) is 12.2. The largest absolute Gasteiger partial charge is 0.410 e. The molecule has 1 aromatic carbocycles. The molecule has 0 saturated heterocycles. The molecule has 1 aromatic rings. The van der Waals surface area contributed by atoms with E-state index in [0.717, 1.165) is 5.92 Å². The first-order chi connectivity index (χ1) is 11.7. The minimum absolute atomic E-state index is 0.309. The van der Waals surface area contributed by atoms with E-state index in [-0.39, 0.29) is 0 Å². The van der Waals surface area contributed by atoms with Gasteiger partial charge in [-0.25, -0.2) is 0 Å². The lowest BCUT2D eigenvalue weighted by Gasteiger charge is -2.37. The highest BCUT2D eigenvalue weighted by atomic mass is 28.4. The van der Waals surface area contributed by atoms with Gasteiger partial charge in [0.2, 0.25) is 0 Å². The third-order valence-corrected chi connectivity index (χ3v) is 10.9. The number of hydrogen-bond acceptors (Lipinski definition) is 1. The maximum absolute atomic E-state index is 6.95. The summed E-state index contributed by atoms with van der Waals surface area (Å²) in [5.74, 6) is 0.778. The molecule has 3 rings (SSSR count). The molecule has 0 heterocycles. The zero-order valence-electron chi connectivity index (χ0n) is 15.6. The zero-order valence-corrected chi connectivity index (χ0v) is 16.6. The van der Waals surface area contributed by atoms with Crippen LogP contribution in [0.15, 0.2) is 47.6 Å². The molecule has 0 bridgehead atoms. The van der Waals surface area contributed by atoms with Crippen LogP contribution in [0.25, 0.3) is 6.08 Å². The van der Waals surface area contributed by atoms with Gasteiger partial charge in [0.25, 0.3) is 0 Å². The fourth-order valence-corrected chi connectivity index (χ4v) is 7.23. The van der Waals surface area contributed by atoms with Gasteiger partial charge in [-0.05, 0) is 66.9 Å². The average Bonchev–Trinajstić information content (AvgIpc) is 3.08. The summed E-state index contributed by atoms with van der Waals surface area (Å²) in [6.45, 7) is 7.00. The summed E-state index contributed by atoms with van der Waals surface area (Å²) in [5, 5.41) is 0. The van der Waals surface area contributed by atoms with Crippen molar-refractivity contribution in [3.63, 3.8) is 0 Å². The molecule has 0 amide bonds. The molecule has 2 atom stereocenters. The molecule has 0 unspecified atom stereocenters. The molecule has 0 aromatic heterocycles. The number of allylic oxidation sites excluding steroid dienone is 1. The summed E-state index contributed by atoms with van der Waals surface area (Å²) in [6, 6.07) is 14.4. The molecule has 0 N–H and O–H groups in total. The highest BCUT2D eigenvalue weighted by Gasteiger charge is 2.37. The van der Waals surface area contributed by atoms with Crippen molar-refractivity contribution in [1.82, 2.24) is 0 Å². The summed E-state index contributed by atoms with van der Waals surface area (Å²) in [5.41, 5.74) is 4.39. The van der Waals surface area contributed by atoms with Crippen LogP contribution in [0.2, 0.25) is 18.1 Å². The van der Waals surface area contributed by atoms with Gasteiger partial charge in [-0.3, -0.25) is 0 Å². The molecular formula is C22H32OSi. The van der Waals surface area contributed by atoms with Crippen LogP contribution in [-0.4, -0.2) is 14.4 Å². The quantitative estimate of drug-likeness (QED) is 0.531. The monoisotopic (exact) mass is 340 g/mol. The van der Waals surface area contributed by atoms with Crippen LogP contribution < -0.4 is 0 Å². The normalized spacial score (nSPS) is 25.6. The smallest absolute Gasteiger partial charge is 0.192 e. The molecule has 0 radical (unpaired) electrons. The molecule has 0 spiro atoms. The molecule has 2 aliphatic rings. The van der Waals surface area contributed by atoms with E-state index >= 15 is 0 Å². The van der Waals surface area contributed by atoms with Crippen LogP contribution in [0, 0.1) is 5.92 Å². The lowest BCUT2D eigenvalue weighted by molar-refractivity contribution is 0.193. The Labute approximate surface area is 148 Å². The van der Waals surface area contributed by atoms with Crippen molar-refractivity contribution in [3.8, 4) is 0 Å². The summed E-state index contributed by atoms with van der Waals surface area (Å²) >= 11 is 0. The molecular weight excluding hydrogens is 308 g/mol. The number of rotatable bonds is 6. The van der Waals surface area contributed by atoms with Gasteiger partial charge in [-0.2, -0.15) is 0 Å². The van der Waals surface area contributed by atoms with Crippen LogP contribution in [0.5, 0.6) is 0 Å². The van der Waals surface area contributed by atoms with E-state index in [1.807, 2.05) is 0 Å². The SMILES string of the molecule is CC[Si](CC)(CC)O[C@H]1C[C@H]2CCCC2=C/C1=C/c1ccccc1. The van der Waals surface area contributed by atoms with Crippen molar-refractivity contribution in [1.29, 1.82) is 0 Å². The molecule has 1 nitrogen and oxygen atoms in total. The first-order valence-corrected chi connectivity index (χ1v) is 12.4. The van der Waals surface area contributed by atoms with Crippen LogP contribution in [-0.2, 0) is 4.43 Å². The van der Waals surface area contributed by atoms with Gasteiger partial charge >= 0.3 is 0 Å². The van der Waals surface area contributed by atoms with E-state index in [1.165, 1.54) is 55.0 Å². The molecule has 130 valence electrons. The van der Waals surface area contributed by atoms with Crippen LogP contribution in [0.4, 0.5) is 0 Å². The van der Waals surface area contributed by atoms with Crippen LogP contribution >= 0.6 is 0 Å². The van der Waals surface area contributed by atoms with Crippen molar-refractivity contribution in [2.75, 3.05) is 0 Å². The fraction of sp³-hybridized carbons (Fsp3) is 0.545. The summed E-state index contributed by atoms with van der Waals surface area (Å²) in [4.78, 5) is 0. The predicted octanol–water partition coefficient (Wildman–Crippen LogP) is 6.59. The maximum atomic E-state index is 6.95. The Kier molecular flexibility index (Phi) is 5.78. The van der Waals surface area contributed by atoms with Gasteiger partial charge in [0.15, 0.2) is 8.32 Å². The molecule has 2 aliphatic carbocycles. The molecule has 2 heteroatoms. The Bertz CT molecular complexity index is 589. The van der Waals surface area contributed by atoms with E-state index in [4.69, 9.17) is 4.43 Å². The predicted molar refractivity (Wildman–Crippen MR) is 107 cm³/mol. The number of fused-ring (bicyclic) bond motifs is 1. The van der Waals surface area contributed by atoms with Gasteiger partial charge < -0.3 is 4.43 Å². The van der Waals surface area contributed by atoms with Gasteiger partial charge in [0.05, 0.1) is 6.10 Å². The number of hydrogen-bond donors (Lipinski definition) is 0. The van der Waals surface area contributed by atoms with Crippen molar-refractivity contribution < 1.29 is 4.43 Å². The highest BCUT2D eigenvalue weighted by Crippen LogP contribution is 2.42. The third kappa shape index (κ3) is 3.75. The average molecular weight is 341 g/mol. The standard InChI is InChI=1S/C22H32OSi/c1-4-24(5-2,6-3)23-22-17-20-14-10-13-19(20)16-21(22)15-18-11-8-7-9-12-18/h7-9,11-12,15-16,20,22H,4-6,10,13-14,17H2,1-3H3/b21-15-/t20-,22+/m1/s1. The van der Waals surface area contributed by atoms with Crippen molar-refractivity contribution in [2.24, 2.45) is 5.92 Å². The second-order valence-electron chi connectivity index (χ2n) is 7.45. The molecule has 0 aliphatic heterocycles. The van der Waals surface area contributed by atoms with E-state index in [9.17, 15) is 0 Å². The second kappa shape index (κ2) is 7.84. The number of benzene rings is 1. The Balaban J connectivity index is 1.91. The van der Waals surface area contributed by atoms with E-state index in [2.05, 4.69) is 63.3 Å². The van der Waals surface area contributed by atoms with E-state index in [1.54, 1.807) is 5.57 Å². The van der Waals surface area contributed by atoms with Crippen molar-refractivity contribution in [3.05, 3.63) is 53.1 Å². The van der Waals surface area contributed by atoms with E-state index in [0.29, 0.717) is 6.10 Å². The van der Waals surface area contributed by atoms with Gasteiger partial charge in [0.1, 0.15) is 0 Å². The molecule has 24 heavy (non-hydrogen) atoms. The van der Waals surface area contributed by atoms with Gasteiger partial charge in [-0.15, -0.1) is 0 Å². The first-order valence-electron chi connectivity index (χ1n) is 9.84. The summed E-state index contributed by atoms with van der Waals surface area (Å²) < 4.78 is 6.95. The molecule has 1 fully saturated rings. The minimum atomic E-state index is -1.58. The first kappa shape index (κ1) is 17.7. The third-order valence-electron chi connectivity index (χ3n) is 6.22. The minimum Gasteiger partial charge on any atom is -0.410 e. The Morgan fingerprint density at radius 3 is 2.46 bits per heavy atom. The summed E-state index contributed by atoms with van der Waals surface area (Å²) in [7, 11) is -1.58. The Morgan fingerprint density at radius 2 is 1.79 bits per heavy atom. The topological polar surface area (TPSA) is 9.23 Å². The molecule has 1 saturated carbocycles. The van der Waals surface area contributed by atoms with Gasteiger partial charge in [0, 0.05) is 0 Å². The van der Waals surface area contributed by atoms with E-state index < -0.39 is 8.32 Å². The lowest BCUT2D eigenvalue weighted by Crippen LogP contribution is -2.41. The fourth-order valence-electron chi connectivity index (χ4n) is 4.40. The van der Waals surface area contributed by atoms with Crippen LogP contribution in [0.1, 0.15) is 52.0 Å². The lowest BCUT2D eigenvalue weighted by atomic mass is 9.85. The zero-order chi connectivity index (χ0) is 17.0. The maximum Gasteiger partial charge on any atom is 0.192 e. The Morgan fingerprint density at radius 1 is 1.08 bits per heavy atom. The summed E-state index contributed by atoms with van der Waals surface area (Å²) in [6.07, 6.45) is 10.4. The van der Waals surface area contributed by atoms with Crippen molar-refractivity contribution in [2.45, 2.75) is 70.7 Å².